The molecule has 0 unspecified atom stereocenters. The van der Waals surface area contributed by atoms with Gasteiger partial charge in [0.25, 0.3) is 0 Å². The molecule has 3 aromatic rings. The molecule has 0 spiro atoms. The minimum absolute atomic E-state index is 0.382. The summed E-state index contributed by atoms with van der Waals surface area (Å²) in [6, 6.07) is 13.2. The summed E-state index contributed by atoms with van der Waals surface area (Å²) in [5.74, 6) is 1.23. The lowest BCUT2D eigenvalue weighted by Gasteiger charge is -2.10. The molecule has 0 bridgehead atoms. The number of hydrogen-bond acceptors (Lipinski definition) is 6. The second kappa shape index (κ2) is 8.28. The van der Waals surface area contributed by atoms with E-state index in [4.69, 9.17) is 9.47 Å². The molecule has 0 radical (unpaired) electrons. The molecule has 0 atom stereocenters. The maximum atomic E-state index is 9.41. The minimum Gasteiger partial charge on any atom is -0.493 e. The Balaban J connectivity index is 1.82. The molecular weight excluding hydrogens is 346 g/mol. The third kappa shape index (κ3) is 4.26. The second-order valence-corrected chi connectivity index (χ2v) is 6.50. The predicted molar refractivity (Wildman–Crippen MR) is 102 cm³/mol. The van der Waals surface area contributed by atoms with E-state index in [9.17, 15) is 5.26 Å². The molecule has 0 N–H and O–H groups in total. The van der Waals surface area contributed by atoms with E-state index in [0.29, 0.717) is 29.4 Å². The Morgan fingerprint density at radius 1 is 1.27 bits per heavy atom. The first-order valence-electron chi connectivity index (χ1n) is 7.94. The lowest BCUT2D eigenvalue weighted by molar-refractivity contribution is 0.281. The standard InChI is InChI=1S/C20H17N3O2S/c1-14-23-17(13-26-14)12-25-19-7-6-15(10-20(19)24-2)9-16(11-21)18-5-3-4-8-22-18/h3-10,13H,12H2,1-2H3/b16-9+. The molecule has 1 aromatic carbocycles. The molecule has 0 aliphatic carbocycles. The average Bonchev–Trinajstić information content (AvgIpc) is 3.10. The fourth-order valence-electron chi connectivity index (χ4n) is 2.37. The van der Waals surface area contributed by atoms with Gasteiger partial charge in [-0.25, -0.2) is 4.98 Å². The van der Waals surface area contributed by atoms with Gasteiger partial charge in [0.1, 0.15) is 12.7 Å². The third-order valence-electron chi connectivity index (χ3n) is 3.60. The molecule has 0 aliphatic heterocycles. The Kier molecular flexibility index (Phi) is 5.62. The molecule has 0 saturated carbocycles. The summed E-state index contributed by atoms with van der Waals surface area (Å²) in [5, 5.41) is 12.4. The number of pyridine rings is 1. The van der Waals surface area contributed by atoms with Crippen LogP contribution in [0.1, 0.15) is 22.0 Å². The quantitative estimate of drug-likeness (QED) is 0.603. The molecule has 0 aliphatic rings. The van der Waals surface area contributed by atoms with E-state index in [1.165, 1.54) is 0 Å². The zero-order chi connectivity index (χ0) is 18.4. The topological polar surface area (TPSA) is 68.0 Å². The maximum absolute atomic E-state index is 9.41. The highest BCUT2D eigenvalue weighted by molar-refractivity contribution is 7.09. The number of thiazole rings is 1. The number of methoxy groups -OCH3 is 1. The molecule has 6 heteroatoms. The van der Waals surface area contributed by atoms with Gasteiger partial charge < -0.3 is 9.47 Å². The maximum Gasteiger partial charge on any atom is 0.161 e. The third-order valence-corrected chi connectivity index (χ3v) is 4.42. The summed E-state index contributed by atoms with van der Waals surface area (Å²) in [5.41, 5.74) is 2.84. The summed E-state index contributed by atoms with van der Waals surface area (Å²) < 4.78 is 11.2. The van der Waals surface area contributed by atoms with Crippen LogP contribution in [0.2, 0.25) is 0 Å². The van der Waals surface area contributed by atoms with Crippen LogP contribution in [-0.2, 0) is 6.61 Å². The Morgan fingerprint density at radius 2 is 2.15 bits per heavy atom. The van der Waals surface area contributed by atoms with E-state index in [2.05, 4.69) is 16.0 Å². The molecule has 0 amide bonds. The number of allylic oxidation sites excluding steroid dienone is 1. The van der Waals surface area contributed by atoms with Gasteiger partial charge in [-0.1, -0.05) is 12.1 Å². The van der Waals surface area contributed by atoms with Crippen molar-refractivity contribution in [3.63, 3.8) is 0 Å². The number of aryl methyl sites for hydroxylation is 1. The number of hydrogen-bond donors (Lipinski definition) is 0. The van der Waals surface area contributed by atoms with Crippen molar-refractivity contribution in [2.75, 3.05) is 7.11 Å². The van der Waals surface area contributed by atoms with Crippen LogP contribution in [0, 0.1) is 18.3 Å². The molecule has 3 rings (SSSR count). The number of nitriles is 1. The number of rotatable bonds is 6. The van der Waals surface area contributed by atoms with Crippen molar-refractivity contribution in [3.05, 3.63) is 69.9 Å². The Morgan fingerprint density at radius 3 is 2.81 bits per heavy atom. The molecule has 0 fully saturated rings. The van der Waals surface area contributed by atoms with Gasteiger partial charge in [0.15, 0.2) is 11.5 Å². The molecule has 130 valence electrons. The van der Waals surface area contributed by atoms with Crippen LogP contribution in [0.3, 0.4) is 0 Å². The smallest absolute Gasteiger partial charge is 0.161 e. The van der Waals surface area contributed by atoms with Crippen LogP contribution >= 0.6 is 11.3 Å². The van der Waals surface area contributed by atoms with E-state index in [-0.39, 0.29) is 0 Å². The Bertz CT molecular complexity index is 959. The summed E-state index contributed by atoms with van der Waals surface area (Å²) >= 11 is 1.59. The predicted octanol–water partition coefficient (Wildman–Crippen LogP) is 4.50. The van der Waals surface area contributed by atoms with Gasteiger partial charge in [-0.3, -0.25) is 4.98 Å². The molecule has 2 heterocycles. The molecule has 26 heavy (non-hydrogen) atoms. The van der Waals surface area contributed by atoms with Crippen molar-refractivity contribution < 1.29 is 9.47 Å². The van der Waals surface area contributed by atoms with Gasteiger partial charge in [0.2, 0.25) is 0 Å². The molecule has 0 saturated heterocycles. The van der Waals surface area contributed by atoms with E-state index < -0.39 is 0 Å². The average molecular weight is 363 g/mol. The van der Waals surface area contributed by atoms with Crippen LogP contribution in [0.5, 0.6) is 11.5 Å². The fraction of sp³-hybridized carbons (Fsp3) is 0.150. The van der Waals surface area contributed by atoms with E-state index >= 15 is 0 Å². The van der Waals surface area contributed by atoms with Crippen molar-refractivity contribution in [2.45, 2.75) is 13.5 Å². The van der Waals surface area contributed by atoms with Crippen molar-refractivity contribution in [2.24, 2.45) is 0 Å². The van der Waals surface area contributed by atoms with Crippen molar-refractivity contribution in [1.82, 2.24) is 9.97 Å². The van der Waals surface area contributed by atoms with Crippen molar-refractivity contribution in [3.8, 4) is 17.6 Å². The van der Waals surface area contributed by atoms with Gasteiger partial charge >= 0.3 is 0 Å². The first-order chi connectivity index (χ1) is 12.7. The minimum atomic E-state index is 0.382. The van der Waals surface area contributed by atoms with Crippen molar-refractivity contribution in [1.29, 1.82) is 5.26 Å². The van der Waals surface area contributed by atoms with Crippen molar-refractivity contribution >= 4 is 23.0 Å². The zero-order valence-corrected chi connectivity index (χ0v) is 15.3. The van der Waals surface area contributed by atoms with Gasteiger partial charge in [-0.2, -0.15) is 5.26 Å². The van der Waals surface area contributed by atoms with Gasteiger partial charge in [0, 0.05) is 11.6 Å². The summed E-state index contributed by atoms with van der Waals surface area (Å²) in [7, 11) is 1.59. The number of ether oxygens (including phenoxy) is 2. The Labute approximate surface area is 156 Å². The van der Waals surface area contributed by atoms with Crippen LogP contribution in [0.25, 0.3) is 11.6 Å². The van der Waals surface area contributed by atoms with Crippen LogP contribution in [-0.4, -0.2) is 17.1 Å². The number of aromatic nitrogens is 2. The zero-order valence-electron chi connectivity index (χ0n) is 14.5. The second-order valence-electron chi connectivity index (χ2n) is 5.44. The van der Waals surface area contributed by atoms with Gasteiger partial charge in [0.05, 0.1) is 29.1 Å². The fourth-order valence-corrected chi connectivity index (χ4v) is 2.97. The number of benzene rings is 1. The monoisotopic (exact) mass is 363 g/mol. The summed E-state index contributed by atoms with van der Waals surface area (Å²) in [4.78, 5) is 8.60. The number of nitrogens with zero attached hydrogens (tertiary/aromatic N) is 3. The highest BCUT2D eigenvalue weighted by Crippen LogP contribution is 2.30. The van der Waals surface area contributed by atoms with E-state index in [1.54, 1.807) is 36.8 Å². The van der Waals surface area contributed by atoms with E-state index in [0.717, 1.165) is 16.3 Å². The molecule has 2 aromatic heterocycles. The largest absolute Gasteiger partial charge is 0.493 e. The first-order valence-corrected chi connectivity index (χ1v) is 8.82. The Hall–Kier alpha value is -3.17. The highest BCUT2D eigenvalue weighted by Gasteiger charge is 2.08. The SMILES string of the molecule is COc1cc(/C=C(\C#N)c2ccccn2)ccc1OCc1csc(C)n1. The van der Waals surface area contributed by atoms with Gasteiger partial charge in [-0.05, 0) is 42.8 Å². The summed E-state index contributed by atoms with van der Waals surface area (Å²) in [6.07, 6.45) is 3.44. The normalized spacial score (nSPS) is 11.0. The summed E-state index contributed by atoms with van der Waals surface area (Å²) in [6.45, 7) is 2.34. The molecule has 5 nitrogen and oxygen atoms in total. The van der Waals surface area contributed by atoms with Crippen LogP contribution < -0.4 is 9.47 Å². The lowest BCUT2D eigenvalue weighted by Crippen LogP contribution is -1.98. The lowest BCUT2D eigenvalue weighted by atomic mass is 10.1. The highest BCUT2D eigenvalue weighted by atomic mass is 32.1. The van der Waals surface area contributed by atoms with Gasteiger partial charge in [-0.15, -0.1) is 11.3 Å². The van der Waals surface area contributed by atoms with E-state index in [1.807, 2.05) is 42.6 Å². The van der Waals surface area contributed by atoms with Crippen LogP contribution in [0.4, 0.5) is 0 Å². The molecular formula is C20H17N3O2S. The van der Waals surface area contributed by atoms with Crippen LogP contribution in [0.15, 0.2) is 48.0 Å². The first kappa shape index (κ1) is 17.6.